The number of hydrogen-bond acceptors (Lipinski definition) is 5. The lowest BCUT2D eigenvalue weighted by Crippen LogP contribution is -2.29. The molecule has 2 aromatic heterocycles. The topological polar surface area (TPSA) is 53.9 Å². The Labute approximate surface area is 149 Å². The molecule has 0 radical (unpaired) electrons. The average molecular weight is 356 g/mol. The van der Waals surface area contributed by atoms with E-state index >= 15 is 0 Å². The molecular weight excluding hydrogens is 333 g/mol. The molecule has 7 heteroatoms. The van der Waals surface area contributed by atoms with Gasteiger partial charge in [-0.2, -0.15) is 0 Å². The van der Waals surface area contributed by atoms with Gasteiger partial charge in [0.1, 0.15) is 5.82 Å². The van der Waals surface area contributed by atoms with Crippen molar-refractivity contribution < 1.29 is 0 Å². The zero-order valence-corrected chi connectivity index (χ0v) is 15.0. The lowest BCUT2D eigenvalue weighted by molar-refractivity contribution is 0.454. The Morgan fingerprint density at radius 2 is 2.04 bits per heavy atom. The first-order valence-corrected chi connectivity index (χ1v) is 7.41. The van der Waals surface area contributed by atoms with Crippen molar-refractivity contribution in [2.75, 3.05) is 32.1 Å². The Morgan fingerprint density at radius 3 is 2.65 bits per heavy atom. The van der Waals surface area contributed by atoms with Gasteiger partial charge in [0.25, 0.3) is 0 Å². The smallest absolute Gasteiger partial charge is 0.163 e. The summed E-state index contributed by atoms with van der Waals surface area (Å²) in [5.41, 5.74) is 2.09. The third kappa shape index (κ3) is 4.77. The third-order valence-electron chi connectivity index (χ3n) is 3.83. The van der Waals surface area contributed by atoms with Crippen molar-refractivity contribution >= 4 is 30.6 Å². The highest BCUT2D eigenvalue weighted by atomic mass is 35.5. The number of hydrogen-bond donors (Lipinski definition) is 1. The summed E-state index contributed by atoms with van der Waals surface area (Å²) in [7, 11) is 4.02. The minimum atomic E-state index is 0. The number of halogens is 2. The number of anilines is 1. The van der Waals surface area contributed by atoms with E-state index in [4.69, 9.17) is 4.98 Å². The molecule has 2 aromatic rings. The maximum absolute atomic E-state index is 4.79. The maximum Gasteiger partial charge on any atom is 0.163 e. The van der Waals surface area contributed by atoms with E-state index in [2.05, 4.69) is 21.4 Å². The number of piperidine rings is 1. The highest BCUT2D eigenvalue weighted by molar-refractivity contribution is 5.85. The van der Waals surface area contributed by atoms with Crippen LogP contribution in [0, 0.1) is 0 Å². The van der Waals surface area contributed by atoms with E-state index in [1.54, 1.807) is 6.20 Å². The SMILES string of the molecule is CN(C)c1cc(C2CCCNC2)nc(-c2cccnc2)n1.Cl.Cl. The Morgan fingerprint density at radius 1 is 1.22 bits per heavy atom. The molecule has 1 N–H and O–H groups in total. The van der Waals surface area contributed by atoms with Gasteiger partial charge in [0, 0.05) is 50.6 Å². The van der Waals surface area contributed by atoms with Gasteiger partial charge < -0.3 is 10.2 Å². The van der Waals surface area contributed by atoms with Crippen molar-refractivity contribution in [3.63, 3.8) is 0 Å². The van der Waals surface area contributed by atoms with Gasteiger partial charge in [0.05, 0.1) is 5.69 Å². The van der Waals surface area contributed by atoms with Crippen molar-refractivity contribution in [2.24, 2.45) is 0 Å². The first-order valence-electron chi connectivity index (χ1n) is 7.41. The van der Waals surface area contributed by atoms with Crippen LogP contribution in [0.15, 0.2) is 30.6 Å². The van der Waals surface area contributed by atoms with Crippen molar-refractivity contribution in [3.8, 4) is 11.4 Å². The summed E-state index contributed by atoms with van der Waals surface area (Å²) in [6.07, 6.45) is 5.97. The molecule has 0 aliphatic carbocycles. The highest BCUT2D eigenvalue weighted by Crippen LogP contribution is 2.26. The number of nitrogens with zero attached hydrogens (tertiary/aromatic N) is 4. The predicted octanol–water partition coefficient (Wildman–Crippen LogP) is 2.92. The van der Waals surface area contributed by atoms with Crippen molar-refractivity contribution in [1.29, 1.82) is 0 Å². The lowest BCUT2D eigenvalue weighted by atomic mass is 9.95. The molecule has 3 heterocycles. The van der Waals surface area contributed by atoms with Crippen LogP contribution < -0.4 is 10.2 Å². The summed E-state index contributed by atoms with van der Waals surface area (Å²) in [5, 5.41) is 3.45. The average Bonchev–Trinajstić information content (AvgIpc) is 2.56. The minimum Gasteiger partial charge on any atom is -0.363 e. The second-order valence-electron chi connectivity index (χ2n) is 5.65. The minimum absolute atomic E-state index is 0. The van der Waals surface area contributed by atoms with Crippen LogP contribution in [0.3, 0.4) is 0 Å². The molecule has 1 saturated heterocycles. The quantitative estimate of drug-likeness (QED) is 0.917. The third-order valence-corrected chi connectivity index (χ3v) is 3.83. The molecule has 23 heavy (non-hydrogen) atoms. The predicted molar refractivity (Wildman–Crippen MR) is 98.9 cm³/mol. The van der Waals surface area contributed by atoms with Crippen LogP contribution in [-0.2, 0) is 0 Å². The fourth-order valence-corrected chi connectivity index (χ4v) is 2.62. The molecule has 1 aliphatic rings. The zero-order chi connectivity index (χ0) is 14.7. The largest absolute Gasteiger partial charge is 0.363 e. The molecule has 0 saturated carbocycles. The van der Waals surface area contributed by atoms with Gasteiger partial charge in [-0.25, -0.2) is 9.97 Å². The van der Waals surface area contributed by atoms with E-state index in [0.717, 1.165) is 36.0 Å². The maximum atomic E-state index is 4.79. The Hall–Kier alpha value is -1.43. The van der Waals surface area contributed by atoms with E-state index < -0.39 is 0 Å². The summed E-state index contributed by atoms with van der Waals surface area (Å²) in [4.78, 5) is 15.6. The van der Waals surface area contributed by atoms with E-state index in [1.807, 2.05) is 37.3 Å². The molecule has 1 fully saturated rings. The van der Waals surface area contributed by atoms with E-state index in [1.165, 1.54) is 12.8 Å². The summed E-state index contributed by atoms with van der Waals surface area (Å²) in [6, 6.07) is 6.03. The summed E-state index contributed by atoms with van der Waals surface area (Å²) in [6.45, 7) is 2.11. The van der Waals surface area contributed by atoms with Crippen LogP contribution in [0.1, 0.15) is 24.5 Å². The zero-order valence-electron chi connectivity index (χ0n) is 13.4. The second kappa shape index (κ2) is 9.01. The standard InChI is InChI=1S/C16H21N5.2ClH/c1-21(2)15-9-14(12-5-3-7-17-10-12)19-16(20-15)13-6-4-8-18-11-13;;/h4,6,8-9,11-12,17H,3,5,7,10H2,1-2H3;2*1H. The highest BCUT2D eigenvalue weighted by Gasteiger charge is 2.19. The second-order valence-corrected chi connectivity index (χ2v) is 5.65. The number of pyridine rings is 1. The van der Waals surface area contributed by atoms with Gasteiger partial charge in [-0.1, -0.05) is 0 Å². The lowest BCUT2D eigenvalue weighted by Gasteiger charge is -2.24. The monoisotopic (exact) mass is 355 g/mol. The van der Waals surface area contributed by atoms with Crippen LogP contribution in [0.4, 0.5) is 5.82 Å². The van der Waals surface area contributed by atoms with Gasteiger partial charge in [-0.05, 0) is 31.5 Å². The number of aromatic nitrogens is 3. The van der Waals surface area contributed by atoms with Crippen LogP contribution in [0.5, 0.6) is 0 Å². The first kappa shape index (κ1) is 19.6. The van der Waals surface area contributed by atoms with E-state index in [0.29, 0.717) is 5.92 Å². The summed E-state index contributed by atoms with van der Waals surface area (Å²) in [5.74, 6) is 2.18. The van der Waals surface area contributed by atoms with Gasteiger partial charge >= 0.3 is 0 Å². The molecule has 3 rings (SSSR count). The van der Waals surface area contributed by atoms with E-state index in [-0.39, 0.29) is 24.8 Å². The molecule has 0 amide bonds. The van der Waals surface area contributed by atoms with Crippen molar-refractivity contribution in [1.82, 2.24) is 20.3 Å². The molecular formula is C16H23Cl2N5. The van der Waals surface area contributed by atoms with Gasteiger partial charge in [-0.3, -0.25) is 4.98 Å². The van der Waals surface area contributed by atoms with Crippen LogP contribution >= 0.6 is 24.8 Å². The summed E-state index contributed by atoms with van der Waals surface area (Å²) < 4.78 is 0. The molecule has 0 aromatic carbocycles. The Bertz CT molecular complexity index is 601. The van der Waals surface area contributed by atoms with Crippen molar-refractivity contribution in [3.05, 3.63) is 36.3 Å². The molecule has 1 atom stereocenters. The molecule has 1 aliphatic heterocycles. The molecule has 0 spiro atoms. The summed E-state index contributed by atoms with van der Waals surface area (Å²) >= 11 is 0. The van der Waals surface area contributed by atoms with Crippen LogP contribution in [0.2, 0.25) is 0 Å². The molecule has 126 valence electrons. The van der Waals surface area contributed by atoms with Gasteiger partial charge in [-0.15, -0.1) is 24.8 Å². The Balaban J connectivity index is 0.00000132. The molecule has 0 bridgehead atoms. The number of rotatable bonds is 3. The fraction of sp³-hybridized carbons (Fsp3) is 0.438. The Kier molecular flexibility index (Phi) is 7.68. The molecule has 1 unspecified atom stereocenters. The normalized spacial score (nSPS) is 16.9. The van der Waals surface area contributed by atoms with Gasteiger partial charge in [0.2, 0.25) is 0 Å². The van der Waals surface area contributed by atoms with Crippen LogP contribution in [-0.4, -0.2) is 42.1 Å². The molecule has 5 nitrogen and oxygen atoms in total. The fourth-order valence-electron chi connectivity index (χ4n) is 2.62. The number of nitrogens with one attached hydrogen (secondary N) is 1. The van der Waals surface area contributed by atoms with Gasteiger partial charge in [0.15, 0.2) is 5.82 Å². The van der Waals surface area contributed by atoms with Crippen LogP contribution in [0.25, 0.3) is 11.4 Å². The van der Waals surface area contributed by atoms with Crippen molar-refractivity contribution in [2.45, 2.75) is 18.8 Å². The first-order chi connectivity index (χ1) is 10.2. The van der Waals surface area contributed by atoms with E-state index in [9.17, 15) is 0 Å².